The fraction of sp³-hybridized carbons (Fsp3) is 0.235. The van der Waals surface area contributed by atoms with E-state index in [0.29, 0.717) is 5.69 Å². The number of amides is 1. The number of rotatable bonds is 6. The lowest BCUT2D eigenvalue weighted by atomic mass is 10.2. The van der Waals surface area contributed by atoms with Gasteiger partial charge in [-0.2, -0.15) is 4.31 Å². The number of anilines is 1. The van der Waals surface area contributed by atoms with Crippen molar-refractivity contribution >= 4 is 37.5 Å². The highest BCUT2D eigenvalue weighted by molar-refractivity contribution is 9.10. The third-order valence-corrected chi connectivity index (χ3v) is 5.72. The summed E-state index contributed by atoms with van der Waals surface area (Å²) in [5, 5.41) is 12.1. The number of nitrogens with one attached hydrogen (secondary N) is 1. The van der Waals surface area contributed by atoms with Crippen molar-refractivity contribution in [2.45, 2.75) is 17.9 Å². The number of halogens is 1. The van der Waals surface area contributed by atoms with E-state index in [2.05, 4.69) is 21.2 Å². The van der Waals surface area contributed by atoms with Gasteiger partial charge in [0.1, 0.15) is 0 Å². The Morgan fingerprint density at radius 3 is 2.56 bits per heavy atom. The first-order valence-electron chi connectivity index (χ1n) is 7.51. The highest BCUT2D eigenvalue weighted by Gasteiger charge is 2.23. The number of carbonyl (C=O) groups excluding carboxylic acids is 1. The molecule has 0 aromatic heterocycles. The van der Waals surface area contributed by atoms with Gasteiger partial charge in [-0.1, -0.05) is 28.1 Å². The van der Waals surface area contributed by atoms with Gasteiger partial charge in [-0.05, 0) is 43.3 Å². The van der Waals surface area contributed by atoms with E-state index in [1.807, 2.05) is 6.07 Å². The maximum Gasteiger partial charge on any atom is 0.255 e. The van der Waals surface area contributed by atoms with Gasteiger partial charge in [0, 0.05) is 29.3 Å². The van der Waals surface area contributed by atoms with E-state index in [9.17, 15) is 18.3 Å². The van der Waals surface area contributed by atoms with Crippen LogP contribution in [-0.2, 0) is 10.0 Å². The molecule has 0 heterocycles. The zero-order valence-electron chi connectivity index (χ0n) is 13.8. The molecule has 2 aromatic carbocycles. The van der Waals surface area contributed by atoms with Gasteiger partial charge in [-0.25, -0.2) is 8.42 Å². The fourth-order valence-corrected chi connectivity index (χ4v) is 3.92. The Kier molecular flexibility index (Phi) is 6.34. The summed E-state index contributed by atoms with van der Waals surface area (Å²) in [4.78, 5) is 12.4. The molecule has 0 bridgehead atoms. The smallest absolute Gasteiger partial charge is 0.255 e. The van der Waals surface area contributed by atoms with E-state index in [1.165, 1.54) is 32.2 Å². The molecule has 0 fully saturated rings. The quantitative estimate of drug-likeness (QED) is 0.743. The van der Waals surface area contributed by atoms with E-state index in [4.69, 9.17) is 0 Å². The number of likely N-dealkylation sites (N-methyl/N-ethyl adjacent to an activating group) is 1. The van der Waals surface area contributed by atoms with E-state index >= 15 is 0 Å². The molecule has 134 valence electrons. The van der Waals surface area contributed by atoms with Crippen molar-refractivity contribution < 1.29 is 18.3 Å². The fourth-order valence-electron chi connectivity index (χ4n) is 2.22. The van der Waals surface area contributed by atoms with Crippen LogP contribution >= 0.6 is 15.9 Å². The van der Waals surface area contributed by atoms with E-state index < -0.39 is 22.0 Å². The van der Waals surface area contributed by atoms with Crippen LogP contribution in [-0.4, -0.2) is 43.4 Å². The van der Waals surface area contributed by atoms with Crippen molar-refractivity contribution in [3.8, 4) is 0 Å². The molecule has 0 aliphatic rings. The average molecular weight is 427 g/mol. The van der Waals surface area contributed by atoms with Crippen LogP contribution in [0.2, 0.25) is 0 Å². The van der Waals surface area contributed by atoms with Crippen molar-refractivity contribution in [3.05, 3.63) is 58.6 Å². The lowest BCUT2D eigenvalue weighted by molar-refractivity contribution is 0.102. The summed E-state index contributed by atoms with van der Waals surface area (Å²) in [7, 11) is -2.40. The maximum atomic E-state index is 12.5. The zero-order valence-corrected chi connectivity index (χ0v) is 16.2. The average Bonchev–Trinajstić information content (AvgIpc) is 2.54. The monoisotopic (exact) mass is 426 g/mol. The molecule has 0 aliphatic heterocycles. The van der Waals surface area contributed by atoms with Crippen LogP contribution in [0.15, 0.2) is 57.9 Å². The highest BCUT2D eigenvalue weighted by Crippen LogP contribution is 2.19. The molecule has 0 saturated carbocycles. The van der Waals surface area contributed by atoms with Gasteiger partial charge < -0.3 is 10.4 Å². The number of aliphatic hydroxyl groups is 1. The summed E-state index contributed by atoms with van der Waals surface area (Å²) >= 11 is 3.32. The molecule has 2 N–H and O–H groups in total. The third kappa shape index (κ3) is 5.12. The number of hydrogen-bond acceptors (Lipinski definition) is 4. The Hall–Kier alpha value is -1.74. The molecule has 0 saturated heterocycles. The lowest BCUT2D eigenvalue weighted by Gasteiger charge is -2.19. The minimum Gasteiger partial charge on any atom is -0.392 e. The van der Waals surface area contributed by atoms with E-state index in [-0.39, 0.29) is 17.0 Å². The second kappa shape index (κ2) is 8.09. The molecule has 0 aliphatic carbocycles. The Morgan fingerprint density at radius 2 is 1.92 bits per heavy atom. The summed E-state index contributed by atoms with van der Waals surface area (Å²) in [5.74, 6) is -0.409. The van der Waals surface area contributed by atoms with Crippen LogP contribution in [0.5, 0.6) is 0 Å². The number of aliphatic hydroxyl groups excluding tert-OH is 1. The van der Waals surface area contributed by atoms with Gasteiger partial charge in [0.25, 0.3) is 5.91 Å². The second-order valence-electron chi connectivity index (χ2n) is 5.63. The SMILES string of the molecule is CC(O)CN(C)S(=O)(=O)c1cccc(C(=O)Nc2cccc(Br)c2)c1. The predicted molar refractivity (Wildman–Crippen MR) is 100 cm³/mol. The van der Waals surface area contributed by atoms with Gasteiger partial charge in [-0.15, -0.1) is 0 Å². The van der Waals surface area contributed by atoms with Crippen LogP contribution in [0.3, 0.4) is 0 Å². The molecule has 2 aromatic rings. The predicted octanol–water partition coefficient (Wildman–Crippen LogP) is 2.70. The highest BCUT2D eigenvalue weighted by atomic mass is 79.9. The van der Waals surface area contributed by atoms with Crippen LogP contribution in [0.1, 0.15) is 17.3 Å². The number of carbonyl (C=O) groups is 1. The van der Waals surface area contributed by atoms with Gasteiger partial charge in [0.05, 0.1) is 11.0 Å². The molecular weight excluding hydrogens is 408 g/mol. The molecule has 0 spiro atoms. The first-order valence-corrected chi connectivity index (χ1v) is 9.75. The molecule has 1 unspecified atom stereocenters. The molecule has 0 radical (unpaired) electrons. The van der Waals surface area contributed by atoms with Crippen LogP contribution < -0.4 is 5.32 Å². The van der Waals surface area contributed by atoms with E-state index in [1.54, 1.807) is 24.3 Å². The third-order valence-electron chi connectivity index (χ3n) is 3.41. The molecular formula is C17H19BrN2O4S. The van der Waals surface area contributed by atoms with Crippen molar-refractivity contribution in [2.75, 3.05) is 18.9 Å². The molecule has 1 atom stereocenters. The summed E-state index contributed by atoms with van der Waals surface area (Å²) < 4.78 is 26.9. The number of benzene rings is 2. The van der Waals surface area contributed by atoms with Crippen molar-refractivity contribution in [1.29, 1.82) is 0 Å². The summed E-state index contributed by atoms with van der Waals surface area (Å²) in [6, 6.07) is 12.9. The molecule has 6 nitrogen and oxygen atoms in total. The largest absolute Gasteiger partial charge is 0.392 e. The standard InChI is InChI=1S/C17H19BrN2O4S/c1-12(21)11-20(2)25(23,24)16-8-3-5-13(9-16)17(22)19-15-7-4-6-14(18)10-15/h3-10,12,21H,11H2,1-2H3,(H,19,22). The maximum absolute atomic E-state index is 12.5. The van der Waals surface area contributed by atoms with Crippen LogP contribution in [0.4, 0.5) is 5.69 Å². The molecule has 1 amide bonds. The first kappa shape index (κ1) is 19.6. The van der Waals surface area contributed by atoms with Gasteiger partial charge in [-0.3, -0.25) is 4.79 Å². The Morgan fingerprint density at radius 1 is 1.24 bits per heavy atom. The topological polar surface area (TPSA) is 86.7 Å². The summed E-state index contributed by atoms with van der Waals surface area (Å²) in [6.45, 7) is 1.48. The van der Waals surface area contributed by atoms with Crippen molar-refractivity contribution in [1.82, 2.24) is 4.31 Å². The van der Waals surface area contributed by atoms with Crippen molar-refractivity contribution in [3.63, 3.8) is 0 Å². The lowest BCUT2D eigenvalue weighted by Crippen LogP contribution is -2.33. The zero-order chi connectivity index (χ0) is 18.6. The Balaban J connectivity index is 2.24. The van der Waals surface area contributed by atoms with Gasteiger partial charge >= 0.3 is 0 Å². The Bertz CT molecular complexity index is 868. The van der Waals surface area contributed by atoms with E-state index in [0.717, 1.165) is 8.78 Å². The van der Waals surface area contributed by atoms with Gasteiger partial charge in [0.15, 0.2) is 0 Å². The molecule has 8 heteroatoms. The van der Waals surface area contributed by atoms with Crippen LogP contribution in [0, 0.1) is 0 Å². The minimum atomic E-state index is -3.78. The second-order valence-corrected chi connectivity index (χ2v) is 8.59. The number of sulfonamides is 1. The Labute approximate surface area is 155 Å². The first-order chi connectivity index (χ1) is 11.7. The molecule has 2 rings (SSSR count). The minimum absolute atomic E-state index is 0.00228. The molecule has 25 heavy (non-hydrogen) atoms. The number of nitrogens with zero attached hydrogens (tertiary/aromatic N) is 1. The van der Waals surface area contributed by atoms with Crippen molar-refractivity contribution in [2.24, 2.45) is 0 Å². The summed E-state index contributed by atoms with van der Waals surface area (Å²) in [6.07, 6.45) is -0.789. The normalized spacial score (nSPS) is 12.8. The van der Waals surface area contributed by atoms with Crippen LogP contribution in [0.25, 0.3) is 0 Å². The van der Waals surface area contributed by atoms with Gasteiger partial charge in [0.2, 0.25) is 10.0 Å². The number of hydrogen-bond donors (Lipinski definition) is 2. The summed E-state index contributed by atoms with van der Waals surface area (Å²) in [5.41, 5.74) is 0.824.